The van der Waals surface area contributed by atoms with E-state index in [1.807, 2.05) is 18.2 Å². The zero-order valence-electron chi connectivity index (χ0n) is 11.8. The van der Waals surface area contributed by atoms with Gasteiger partial charge in [-0.25, -0.2) is 0 Å². The lowest BCUT2D eigenvalue weighted by Crippen LogP contribution is -1.96. The average molecular weight is 335 g/mol. The Morgan fingerprint density at radius 1 is 0.950 bits per heavy atom. The van der Waals surface area contributed by atoms with Gasteiger partial charge in [-0.1, -0.05) is 52.3 Å². The summed E-state index contributed by atoms with van der Waals surface area (Å²) in [5.41, 5.74) is 2.57. The smallest absolute Gasteiger partial charge is 0.160 e. The Kier molecular flexibility index (Phi) is 5.48. The van der Waals surface area contributed by atoms with E-state index in [-0.39, 0.29) is 0 Å². The van der Waals surface area contributed by atoms with Crippen LogP contribution < -0.4 is 9.47 Å². The van der Waals surface area contributed by atoms with Crippen LogP contribution in [0.15, 0.2) is 48.5 Å². The molecule has 0 bridgehead atoms. The molecule has 0 aliphatic carbocycles. The van der Waals surface area contributed by atoms with E-state index >= 15 is 0 Å². The van der Waals surface area contributed by atoms with Crippen molar-refractivity contribution in [2.75, 3.05) is 14.2 Å². The molecule has 0 heterocycles. The van der Waals surface area contributed by atoms with Gasteiger partial charge in [0.15, 0.2) is 11.5 Å². The van der Waals surface area contributed by atoms with E-state index in [4.69, 9.17) is 9.47 Å². The van der Waals surface area contributed by atoms with Crippen molar-refractivity contribution in [3.05, 3.63) is 59.7 Å². The Hall–Kier alpha value is -1.48. The van der Waals surface area contributed by atoms with E-state index in [0.29, 0.717) is 4.83 Å². The zero-order chi connectivity index (χ0) is 14.4. The van der Waals surface area contributed by atoms with Crippen molar-refractivity contribution < 1.29 is 9.47 Å². The minimum atomic E-state index is 0.372. The highest BCUT2D eigenvalue weighted by Crippen LogP contribution is 2.31. The van der Waals surface area contributed by atoms with E-state index in [9.17, 15) is 0 Å². The van der Waals surface area contributed by atoms with Crippen molar-refractivity contribution in [1.29, 1.82) is 0 Å². The van der Waals surface area contributed by atoms with Gasteiger partial charge >= 0.3 is 0 Å². The molecule has 2 aromatic carbocycles. The molecule has 0 aromatic heterocycles. The maximum atomic E-state index is 5.33. The fourth-order valence-electron chi connectivity index (χ4n) is 2.16. The SMILES string of the molecule is COc1ccc(CCC(Br)c2ccccc2)cc1OC. The van der Waals surface area contributed by atoms with Crippen LogP contribution in [0.3, 0.4) is 0 Å². The van der Waals surface area contributed by atoms with Gasteiger partial charge in [-0.3, -0.25) is 0 Å². The number of rotatable bonds is 6. The summed E-state index contributed by atoms with van der Waals surface area (Å²) in [6, 6.07) is 16.6. The monoisotopic (exact) mass is 334 g/mol. The lowest BCUT2D eigenvalue weighted by molar-refractivity contribution is 0.354. The first-order valence-electron chi connectivity index (χ1n) is 6.64. The third kappa shape index (κ3) is 3.76. The lowest BCUT2D eigenvalue weighted by Gasteiger charge is -2.12. The summed E-state index contributed by atoms with van der Waals surface area (Å²) < 4.78 is 10.6. The van der Waals surface area contributed by atoms with Crippen molar-refractivity contribution in [1.82, 2.24) is 0 Å². The number of aryl methyl sites for hydroxylation is 1. The van der Waals surface area contributed by atoms with Crippen LogP contribution >= 0.6 is 15.9 Å². The molecule has 3 heteroatoms. The highest BCUT2D eigenvalue weighted by Gasteiger charge is 2.09. The summed E-state index contributed by atoms with van der Waals surface area (Å²) in [5.74, 6) is 1.56. The van der Waals surface area contributed by atoms with Gasteiger partial charge in [-0.05, 0) is 36.1 Å². The Balaban J connectivity index is 2.00. The van der Waals surface area contributed by atoms with Gasteiger partial charge in [0.2, 0.25) is 0 Å². The summed E-state index contributed by atoms with van der Waals surface area (Å²) in [5, 5.41) is 0. The molecular formula is C17H19BrO2. The quantitative estimate of drug-likeness (QED) is 0.708. The van der Waals surface area contributed by atoms with Crippen molar-refractivity contribution in [2.24, 2.45) is 0 Å². The predicted molar refractivity (Wildman–Crippen MR) is 86.0 cm³/mol. The van der Waals surface area contributed by atoms with Gasteiger partial charge in [-0.15, -0.1) is 0 Å². The Morgan fingerprint density at radius 3 is 2.30 bits per heavy atom. The minimum absolute atomic E-state index is 0.372. The van der Waals surface area contributed by atoms with Crippen LogP contribution in [0, 0.1) is 0 Å². The average Bonchev–Trinajstić information content (AvgIpc) is 2.53. The Morgan fingerprint density at radius 2 is 1.65 bits per heavy atom. The van der Waals surface area contributed by atoms with E-state index in [1.54, 1.807) is 14.2 Å². The predicted octanol–water partition coefficient (Wildman–Crippen LogP) is 4.77. The summed E-state index contributed by atoms with van der Waals surface area (Å²) >= 11 is 3.75. The highest BCUT2D eigenvalue weighted by atomic mass is 79.9. The van der Waals surface area contributed by atoms with Gasteiger partial charge in [0.05, 0.1) is 14.2 Å². The number of hydrogen-bond donors (Lipinski definition) is 0. The second-order valence-corrected chi connectivity index (χ2v) is 5.71. The molecule has 0 amide bonds. The normalized spacial score (nSPS) is 11.9. The zero-order valence-corrected chi connectivity index (χ0v) is 13.4. The number of hydrogen-bond acceptors (Lipinski definition) is 2. The topological polar surface area (TPSA) is 18.5 Å². The van der Waals surface area contributed by atoms with Crippen LogP contribution in [-0.2, 0) is 6.42 Å². The maximum absolute atomic E-state index is 5.33. The maximum Gasteiger partial charge on any atom is 0.160 e. The molecule has 0 N–H and O–H groups in total. The first kappa shape index (κ1) is 14.9. The highest BCUT2D eigenvalue weighted by molar-refractivity contribution is 9.09. The molecule has 0 aliphatic heterocycles. The molecule has 0 saturated heterocycles. The second kappa shape index (κ2) is 7.34. The molecule has 0 radical (unpaired) electrons. The van der Waals surface area contributed by atoms with Crippen molar-refractivity contribution in [3.63, 3.8) is 0 Å². The molecule has 0 fully saturated rings. The number of benzene rings is 2. The van der Waals surface area contributed by atoms with E-state index in [1.165, 1.54) is 11.1 Å². The first-order chi connectivity index (χ1) is 9.74. The van der Waals surface area contributed by atoms with Crippen LogP contribution in [0.1, 0.15) is 22.4 Å². The molecule has 2 nitrogen and oxygen atoms in total. The molecule has 106 valence electrons. The van der Waals surface area contributed by atoms with Crippen LogP contribution in [-0.4, -0.2) is 14.2 Å². The molecule has 0 saturated carbocycles. The number of ether oxygens (including phenoxy) is 2. The van der Waals surface area contributed by atoms with Crippen molar-refractivity contribution in [2.45, 2.75) is 17.7 Å². The summed E-state index contributed by atoms with van der Waals surface area (Å²) in [4.78, 5) is 0.372. The fraction of sp³-hybridized carbons (Fsp3) is 0.294. The van der Waals surface area contributed by atoms with Crippen molar-refractivity contribution >= 4 is 15.9 Å². The van der Waals surface area contributed by atoms with Gasteiger partial charge in [0, 0.05) is 4.83 Å². The van der Waals surface area contributed by atoms with Crippen molar-refractivity contribution in [3.8, 4) is 11.5 Å². The van der Waals surface area contributed by atoms with Gasteiger partial charge in [0.1, 0.15) is 0 Å². The number of halogens is 1. The van der Waals surface area contributed by atoms with Crippen LogP contribution in [0.25, 0.3) is 0 Å². The van der Waals surface area contributed by atoms with E-state index < -0.39 is 0 Å². The first-order valence-corrected chi connectivity index (χ1v) is 7.56. The standard InChI is InChI=1S/C17H19BrO2/c1-19-16-11-9-13(12-17(16)20-2)8-10-15(18)14-6-4-3-5-7-14/h3-7,9,11-12,15H,8,10H2,1-2H3. The number of alkyl halides is 1. The molecule has 20 heavy (non-hydrogen) atoms. The van der Waals surface area contributed by atoms with Gasteiger partial charge < -0.3 is 9.47 Å². The van der Waals surface area contributed by atoms with Crippen LogP contribution in [0.2, 0.25) is 0 Å². The molecule has 1 atom stereocenters. The lowest BCUT2D eigenvalue weighted by atomic mass is 10.0. The Bertz CT molecular complexity index is 540. The molecule has 2 rings (SSSR count). The van der Waals surface area contributed by atoms with Crippen LogP contribution in [0.4, 0.5) is 0 Å². The van der Waals surface area contributed by atoms with E-state index in [0.717, 1.165) is 24.3 Å². The molecule has 1 unspecified atom stereocenters. The third-order valence-electron chi connectivity index (χ3n) is 3.30. The van der Waals surface area contributed by atoms with Gasteiger partial charge in [-0.2, -0.15) is 0 Å². The van der Waals surface area contributed by atoms with Gasteiger partial charge in [0.25, 0.3) is 0 Å². The number of methoxy groups -OCH3 is 2. The summed E-state index contributed by atoms with van der Waals surface area (Å²) in [6.07, 6.45) is 2.03. The molecular weight excluding hydrogens is 316 g/mol. The second-order valence-electron chi connectivity index (χ2n) is 4.61. The summed E-state index contributed by atoms with van der Waals surface area (Å²) in [6.45, 7) is 0. The van der Waals surface area contributed by atoms with Crippen LogP contribution in [0.5, 0.6) is 11.5 Å². The third-order valence-corrected chi connectivity index (χ3v) is 4.28. The Labute approximate surface area is 128 Å². The fourth-order valence-corrected chi connectivity index (χ4v) is 2.69. The minimum Gasteiger partial charge on any atom is -0.493 e. The largest absolute Gasteiger partial charge is 0.493 e. The molecule has 2 aromatic rings. The summed E-state index contributed by atoms with van der Waals surface area (Å²) in [7, 11) is 3.32. The van der Waals surface area contributed by atoms with E-state index in [2.05, 4.69) is 46.3 Å². The molecule has 0 spiro atoms. The molecule has 0 aliphatic rings.